The minimum atomic E-state index is -0.523. The molecule has 0 aromatic carbocycles. The third kappa shape index (κ3) is 4.93. The van der Waals surface area contributed by atoms with Crippen molar-refractivity contribution in [1.82, 2.24) is 15.3 Å². The number of nitrogens with zero attached hydrogens (tertiary/aromatic N) is 3. The maximum atomic E-state index is 11.3. The van der Waals surface area contributed by atoms with E-state index in [0.717, 1.165) is 0 Å². The van der Waals surface area contributed by atoms with Gasteiger partial charge in [0.25, 0.3) is 0 Å². The van der Waals surface area contributed by atoms with E-state index in [2.05, 4.69) is 15.3 Å². The van der Waals surface area contributed by atoms with Gasteiger partial charge in [0.05, 0.1) is 0 Å². The van der Waals surface area contributed by atoms with Crippen LogP contribution in [0.25, 0.3) is 0 Å². The Morgan fingerprint density at radius 1 is 1.47 bits per heavy atom. The van der Waals surface area contributed by atoms with E-state index in [1.807, 2.05) is 6.07 Å². The molecule has 0 aliphatic heterocycles. The van der Waals surface area contributed by atoms with Crippen LogP contribution in [0.2, 0.25) is 0 Å². The second-order valence-electron chi connectivity index (χ2n) is 4.38. The molecule has 1 N–H and O–H groups in total. The fourth-order valence-corrected chi connectivity index (χ4v) is 0.992. The Kier molecular flexibility index (Phi) is 3.99. The molecule has 0 radical (unpaired) electrons. The van der Waals surface area contributed by atoms with Gasteiger partial charge in [0.1, 0.15) is 11.7 Å². The van der Waals surface area contributed by atoms with Crippen LogP contribution in [0.3, 0.4) is 0 Å². The van der Waals surface area contributed by atoms with Crippen LogP contribution in [0.1, 0.15) is 32.2 Å². The number of rotatable bonds is 2. The molecule has 0 saturated heterocycles. The molecule has 0 bridgehead atoms. The normalized spacial score (nSPS) is 10.5. The van der Waals surface area contributed by atoms with Crippen LogP contribution in [-0.4, -0.2) is 21.7 Å². The monoisotopic (exact) mass is 234 g/mol. The van der Waals surface area contributed by atoms with Crippen molar-refractivity contribution in [3.05, 3.63) is 23.8 Å². The van der Waals surface area contributed by atoms with E-state index in [1.165, 1.54) is 12.4 Å². The molecule has 0 aliphatic carbocycles. The number of nitriles is 1. The van der Waals surface area contributed by atoms with Gasteiger partial charge >= 0.3 is 6.09 Å². The second-order valence-corrected chi connectivity index (χ2v) is 4.38. The summed E-state index contributed by atoms with van der Waals surface area (Å²) in [5.74, 6) is 0.103. The van der Waals surface area contributed by atoms with Crippen molar-refractivity contribution in [2.45, 2.75) is 32.9 Å². The largest absolute Gasteiger partial charge is 0.444 e. The quantitative estimate of drug-likeness (QED) is 0.835. The fraction of sp³-hybridized carbons (Fsp3) is 0.455. The van der Waals surface area contributed by atoms with Crippen molar-refractivity contribution in [2.24, 2.45) is 0 Å². The van der Waals surface area contributed by atoms with Crippen molar-refractivity contribution in [1.29, 1.82) is 5.26 Å². The first-order valence-electron chi connectivity index (χ1n) is 5.08. The maximum absolute atomic E-state index is 11.3. The number of carbonyl (C=O) groups is 1. The highest BCUT2D eigenvalue weighted by atomic mass is 16.6. The maximum Gasteiger partial charge on any atom is 0.407 e. The lowest BCUT2D eigenvalue weighted by Crippen LogP contribution is -2.32. The summed E-state index contributed by atoms with van der Waals surface area (Å²) < 4.78 is 5.06. The van der Waals surface area contributed by atoms with Crippen LogP contribution in [0, 0.1) is 11.3 Å². The molecular formula is C11H14N4O2. The molecule has 1 heterocycles. The number of ether oxygens (including phenoxy) is 1. The van der Waals surface area contributed by atoms with Gasteiger partial charge in [-0.15, -0.1) is 0 Å². The van der Waals surface area contributed by atoms with Gasteiger partial charge in [0, 0.05) is 24.5 Å². The summed E-state index contributed by atoms with van der Waals surface area (Å²) >= 11 is 0. The molecule has 0 atom stereocenters. The Morgan fingerprint density at radius 2 is 2.06 bits per heavy atom. The van der Waals surface area contributed by atoms with E-state index in [-0.39, 0.29) is 12.4 Å². The van der Waals surface area contributed by atoms with Crippen molar-refractivity contribution < 1.29 is 9.53 Å². The van der Waals surface area contributed by atoms with E-state index in [4.69, 9.17) is 10.00 Å². The Labute approximate surface area is 99.6 Å². The molecule has 1 rings (SSSR count). The van der Waals surface area contributed by atoms with E-state index >= 15 is 0 Å². The summed E-state index contributed by atoms with van der Waals surface area (Å²) in [7, 11) is 0. The predicted molar refractivity (Wildman–Crippen MR) is 59.8 cm³/mol. The van der Waals surface area contributed by atoms with E-state index < -0.39 is 11.7 Å². The number of hydrogen-bond donors (Lipinski definition) is 1. The van der Waals surface area contributed by atoms with Crippen LogP contribution >= 0.6 is 0 Å². The summed E-state index contributed by atoms with van der Waals surface area (Å²) in [5, 5.41) is 11.1. The average molecular weight is 234 g/mol. The van der Waals surface area contributed by atoms with Crippen molar-refractivity contribution in [2.75, 3.05) is 0 Å². The highest BCUT2D eigenvalue weighted by molar-refractivity contribution is 5.67. The first-order chi connectivity index (χ1) is 7.90. The van der Waals surface area contributed by atoms with Crippen LogP contribution in [0.15, 0.2) is 12.4 Å². The fourth-order valence-electron chi connectivity index (χ4n) is 0.992. The number of hydrogen-bond acceptors (Lipinski definition) is 5. The first kappa shape index (κ1) is 12.9. The Bertz CT molecular complexity index is 428. The van der Waals surface area contributed by atoms with Gasteiger partial charge in [-0.05, 0) is 20.8 Å². The number of amides is 1. The second kappa shape index (κ2) is 5.25. The first-order valence-corrected chi connectivity index (χ1v) is 5.08. The summed E-state index contributed by atoms with van der Waals surface area (Å²) in [6.45, 7) is 5.63. The molecule has 0 spiro atoms. The molecule has 17 heavy (non-hydrogen) atoms. The molecule has 1 aromatic rings. The van der Waals surface area contributed by atoms with E-state index in [9.17, 15) is 4.79 Å². The van der Waals surface area contributed by atoms with Crippen molar-refractivity contribution >= 4 is 6.09 Å². The van der Waals surface area contributed by atoms with Gasteiger partial charge < -0.3 is 10.1 Å². The number of alkyl carbamates (subject to hydrolysis) is 1. The minimum Gasteiger partial charge on any atom is -0.444 e. The standard InChI is InChI=1S/C11H14N4O2/c1-11(2,3)17-10(16)15-7-8-5-13-9(4-12)14-6-8/h5-6H,7H2,1-3H3,(H,15,16). The lowest BCUT2D eigenvalue weighted by atomic mass is 10.2. The van der Waals surface area contributed by atoms with Crippen LogP contribution in [0.5, 0.6) is 0 Å². The van der Waals surface area contributed by atoms with Crippen molar-refractivity contribution in [3.8, 4) is 6.07 Å². The number of aromatic nitrogens is 2. The van der Waals surface area contributed by atoms with Gasteiger partial charge in [0.2, 0.25) is 5.82 Å². The molecule has 0 saturated carbocycles. The zero-order valence-corrected chi connectivity index (χ0v) is 10.0. The topological polar surface area (TPSA) is 87.9 Å². The van der Waals surface area contributed by atoms with Gasteiger partial charge in [0.15, 0.2) is 0 Å². The molecular weight excluding hydrogens is 220 g/mol. The molecule has 6 nitrogen and oxygen atoms in total. The summed E-state index contributed by atoms with van der Waals surface area (Å²) in [6, 6.07) is 1.82. The third-order valence-electron chi connectivity index (χ3n) is 1.64. The molecule has 0 unspecified atom stereocenters. The smallest absolute Gasteiger partial charge is 0.407 e. The highest BCUT2D eigenvalue weighted by Gasteiger charge is 2.15. The summed E-state index contributed by atoms with van der Waals surface area (Å²) in [5.41, 5.74) is 0.181. The van der Waals surface area contributed by atoms with Crippen molar-refractivity contribution in [3.63, 3.8) is 0 Å². The van der Waals surface area contributed by atoms with Crippen LogP contribution in [-0.2, 0) is 11.3 Å². The Balaban J connectivity index is 2.45. The molecule has 90 valence electrons. The van der Waals surface area contributed by atoms with Crippen LogP contribution in [0.4, 0.5) is 4.79 Å². The van der Waals surface area contributed by atoms with Gasteiger partial charge in [-0.3, -0.25) is 0 Å². The molecule has 1 amide bonds. The van der Waals surface area contributed by atoms with Gasteiger partial charge in [-0.1, -0.05) is 0 Å². The molecule has 1 aromatic heterocycles. The number of nitrogens with one attached hydrogen (secondary N) is 1. The SMILES string of the molecule is CC(C)(C)OC(=O)NCc1cnc(C#N)nc1. The lowest BCUT2D eigenvalue weighted by Gasteiger charge is -2.19. The van der Waals surface area contributed by atoms with E-state index in [0.29, 0.717) is 5.56 Å². The summed E-state index contributed by atoms with van der Waals surface area (Å²) in [4.78, 5) is 18.9. The van der Waals surface area contributed by atoms with Gasteiger partial charge in [-0.25, -0.2) is 14.8 Å². The minimum absolute atomic E-state index is 0.103. The highest BCUT2D eigenvalue weighted by Crippen LogP contribution is 2.06. The predicted octanol–water partition coefficient (Wildman–Crippen LogP) is 1.37. The third-order valence-corrected chi connectivity index (χ3v) is 1.64. The average Bonchev–Trinajstić information content (AvgIpc) is 2.25. The lowest BCUT2D eigenvalue weighted by molar-refractivity contribution is 0.0523. The Morgan fingerprint density at radius 3 is 2.53 bits per heavy atom. The van der Waals surface area contributed by atoms with Gasteiger partial charge in [-0.2, -0.15) is 5.26 Å². The van der Waals surface area contributed by atoms with Crippen LogP contribution < -0.4 is 5.32 Å². The zero-order valence-electron chi connectivity index (χ0n) is 10.0. The molecule has 0 aliphatic rings. The zero-order chi connectivity index (χ0) is 12.9. The Hall–Kier alpha value is -2.16. The number of carbonyl (C=O) groups excluding carboxylic acids is 1. The molecule has 6 heteroatoms. The molecule has 0 fully saturated rings. The van der Waals surface area contributed by atoms with E-state index in [1.54, 1.807) is 20.8 Å². The summed E-state index contributed by atoms with van der Waals surface area (Å²) in [6.07, 6.45) is 2.48.